The lowest BCUT2D eigenvalue weighted by Crippen LogP contribution is -2.35. The molecule has 0 atom stereocenters. The first kappa shape index (κ1) is 22.3. The second kappa shape index (κ2) is 9.50. The highest BCUT2D eigenvalue weighted by Crippen LogP contribution is 2.17. The minimum atomic E-state index is -3.89. The Hall–Kier alpha value is -2.95. The summed E-state index contributed by atoms with van der Waals surface area (Å²) in [7, 11) is 1.58. The Bertz CT molecular complexity index is 976. The van der Waals surface area contributed by atoms with Gasteiger partial charge in [0.05, 0.1) is 25.7 Å². The molecule has 0 saturated carbocycles. The number of hydrogen-bond donors (Lipinski definition) is 1. The summed E-state index contributed by atoms with van der Waals surface area (Å²) in [5.74, 6) is -0.231. The SMILES string of the molecule is COc1ccc(NC(=O)CN(C)C(=O)c2cccc(S(=O)(=O)N(C)OC)c2)cc1. The maximum absolute atomic E-state index is 12.6. The van der Waals surface area contributed by atoms with Gasteiger partial charge in [0.1, 0.15) is 5.75 Å². The number of hydrogen-bond acceptors (Lipinski definition) is 6. The van der Waals surface area contributed by atoms with Crippen molar-refractivity contribution in [2.45, 2.75) is 4.90 Å². The number of nitrogens with zero attached hydrogens (tertiary/aromatic N) is 2. The van der Waals surface area contributed by atoms with Gasteiger partial charge in [-0.3, -0.25) is 14.4 Å². The second-order valence-electron chi connectivity index (χ2n) is 6.06. The lowest BCUT2D eigenvalue weighted by molar-refractivity contribution is -0.116. The molecule has 0 aliphatic heterocycles. The second-order valence-corrected chi connectivity index (χ2v) is 8.00. The molecule has 1 N–H and O–H groups in total. The van der Waals surface area contributed by atoms with Crippen molar-refractivity contribution in [3.8, 4) is 5.75 Å². The van der Waals surface area contributed by atoms with E-state index in [1.54, 1.807) is 31.4 Å². The van der Waals surface area contributed by atoms with Crippen LogP contribution in [0.2, 0.25) is 0 Å². The number of benzene rings is 2. The van der Waals surface area contributed by atoms with Crippen molar-refractivity contribution in [1.82, 2.24) is 9.37 Å². The number of nitrogens with one attached hydrogen (secondary N) is 1. The van der Waals surface area contributed by atoms with Gasteiger partial charge in [-0.1, -0.05) is 10.5 Å². The number of carbonyl (C=O) groups excluding carboxylic acids is 2. The van der Waals surface area contributed by atoms with Gasteiger partial charge in [0.15, 0.2) is 0 Å². The summed E-state index contributed by atoms with van der Waals surface area (Å²) in [4.78, 5) is 30.7. The Morgan fingerprint density at radius 2 is 1.69 bits per heavy atom. The number of amides is 2. The Balaban J connectivity index is 2.07. The number of ether oxygens (including phenoxy) is 1. The van der Waals surface area contributed by atoms with E-state index in [2.05, 4.69) is 5.32 Å². The van der Waals surface area contributed by atoms with Gasteiger partial charge in [-0.25, -0.2) is 8.42 Å². The van der Waals surface area contributed by atoms with Gasteiger partial charge in [0.25, 0.3) is 15.9 Å². The molecule has 0 spiro atoms. The molecule has 2 aromatic carbocycles. The first-order valence-corrected chi connectivity index (χ1v) is 9.95. The summed E-state index contributed by atoms with van der Waals surface area (Å²) in [5, 5.41) is 2.68. The van der Waals surface area contributed by atoms with Gasteiger partial charge in [-0.05, 0) is 42.5 Å². The zero-order valence-electron chi connectivity index (χ0n) is 16.6. The van der Waals surface area contributed by atoms with Gasteiger partial charge in [-0.2, -0.15) is 0 Å². The summed E-state index contributed by atoms with van der Waals surface area (Å²) in [5.41, 5.74) is 0.697. The van der Waals surface area contributed by atoms with Crippen LogP contribution in [0.4, 0.5) is 5.69 Å². The van der Waals surface area contributed by atoms with Crippen molar-refractivity contribution in [2.75, 3.05) is 40.2 Å². The molecule has 0 fully saturated rings. The number of anilines is 1. The van der Waals surface area contributed by atoms with E-state index >= 15 is 0 Å². The monoisotopic (exact) mass is 421 g/mol. The molecule has 0 saturated heterocycles. The molecule has 0 heterocycles. The number of likely N-dealkylation sites (N-methyl/N-ethyl adjacent to an activating group) is 1. The standard InChI is InChI=1S/C19H23N3O6S/c1-21(13-18(23)20-15-8-10-16(27-3)11-9-15)19(24)14-6-5-7-17(12-14)29(25,26)22(2)28-4/h5-12H,13H2,1-4H3,(H,20,23). The van der Waals surface area contributed by atoms with E-state index in [9.17, 15) is 18.0 Å². The molecule has 2 amide bonds. The van der Waals surface area contributed by atoms with Crippen LogP contribution in [-0.2, 0) is 19.7 Å². The van der Waals surface area contributed by atoms with E-state index < -0.39 is 21.8 Å². The molecular weight excluding hydrogens is 398 g/mol. The Kier molecular flexibility index (Phi) is 7.32. The number of sulfonamides is 1. The van der Waals surface area contributed by atoms with E-state index in [4.69, 9.17) is 9.57 Å². The highest BCUT2D eigenvalue weighted by atomic mass is 32.2. The Morgan fingerprint density at radius 1 is 1.03 bits per heavy atom. The number of methoxy groups -OCH3 is 1. The zero-order valence-corrected chi connectivity index (χ0v) is 17.4. The first-order valence-electron chi connectivity index (χ1n) is 8.51. The van der Waals surface area contributed by atoms with Gasteiger partial charge in [0.2, 0.25) is 5.91 Å². The normalized spacial score (nSPS) is 11.2. The lowest BCUT2D eigenvalue weighted by atomic mass is 10.2. The average Bonchev–Trinajstić information content (AvgIpc) is 2.72. The third-order valence-corrected chi connectivity index (χ3v) is 5.75. The maximum Gasteiger partial charge on any atom is 0.264 e. The smallest absolute Gasteiger partial charge is 0.264 e. The molecule has 0 aliphatic rings. The highest BCUT2D eigenvalue weighted by Gasteiger charge is 2.23. The topological polar surface area (TPSA) is 105 Å². The molecule has 10 heteroatoms. The summed E-state index contributed by atoms with van der Waals surface area (Å²) in [6.45, 7) is -0.209. The molecule has 29 heavy (non-hydrogen) atoms. The molecule has 156 valence electrons. The molecular formula is C19H23N3O6S. The van der Waals surface area contributed by atoms with Crippen LogP contribution in [-0.4, -0.2) is 64.5 Å². The van der Waals surface area contributed by atoms with Crippen LogP contribution in [0.3, 0.4) is 0 Å². The van der Waals surface area contributed by atoms with E-state index in [0.29, 0.717) is 15.9 Å². The molecule has 2 rings (SSSR count). The number of hydroxylamine groups is 1. The van der Waals surface area contributed by atoms with Crippen molar-refractivity contribution in [2.24, 2.45) is 0 Å². The van der Waals surface area contributed by atoms with Crippen molar-refractivity contribution >= 4 is 27.5 Å². The number of rotatable bonds is 8. The Morgan fingerprint density at radius 3 is 2.28 bits per heavy atom. The number of carbonyl (C=O) groups is 2. The molecule has 0 unspecified atom stereocenters. The van der Waals surface area contributed by atoms with Crippen LogP contribution in [0, 0.1) is 0 Å². The fourth-order valence-electron chi connectivity index (χ4n) is 2.42. The van der Waals surface area contributed by atoms with E-state index in [-0.39, 0.29) is 17.0 Å². The van der Waals surface area contributed by atoms with Crippen LogP contribution in [0.1, 0.15) is 10.4 Å². The summed E-state index contributed by atoms with van der Waals surface area (Å²) in [6, 6.07) is 12.3. The quantitative estimate of drug-likeness (QED) is 0.649. The van der Waals surface area contributed by atoms with Crippen LogP contribution in [0.25, 0.3) is 0 Å². The molecule has 0 bridgehead atoms. The van der Waals surface area contributed by atoms with Crippen molar-refractivity contribution in [3.05, 3.63) is 54.1 Å². The molecule has 0 aromatic heterocycles. The predicted molar refractivity (Wildman–Crippen MR) is 107 cm³/mol. The van der Waals surface area contributed by atoms with E-state index in [0.717, 1.165) is 0 Å². The molecule has 9 nitrogen and oxygen atoms in total. The van der Waals surface area contributed by atoms with Crippen molar-refractivity contribution in [1.29, 1.82) is 0 Å². The fourth-order valence-corrected chi connectivity index (χ4v) is 3.44. The average molecular weight is 421 g/mol. The summed E-state index contributed by atoms with van der Waals surface area (Å²) >= 11 is 0. The maximum atomic E-state index is 12.6. The predicted octanol–water partition coefficient (Wildman–Crippen LogP) is 1.59. The van der Waals surface area contributed by atoms with Gasteiger partial charge in [0, 0.05) is 25.3 Å². The Labute approximate surface area is 169 Å². The summed E-state index contributed by atoms with van der Waals surface area (Å²) < 4.78 is 30.4. The minimum Gasteiger partial charge on any atom is -0.497 e. The lowest BCUT2D eigenvalue weighted by Gasteiger charge is -2.18. The zero-order chi connectivity index (χ0) is 21.6. The van der Waals surface area contributed by atoms with Gasteiger partial charge in [-0.15, -0.1) is 0 Å². The minimum absolute atomic E-state index is 0.0937. The van der Waals surface area contributed by atoms with Gasteiger partial charge >= 0.3 is 0 Å². The summed E-state index contributed by atoms with van der Waals surface area (Å²) in [6.07, 6.45) is 0. The highest BCUT2D eigenvalue weighted by molar-refractivity contribution is 7.89. The van der Waals surface area contributed by atoms with E-state index in [1.807, 2.05) is 0 Å². The van der Waals surface area contributed by atoms with Crippen LogP contribution < -0.4 is 10.1 Å². The van der Waals surface area contributed by atoms with Crippen molar-refractivity contribution in [3.63, 3.8) is 0 Å². The van der Waals surface area contributed by atoms with E-state index in [1.165, 1.54) is 50.4 Å². The molecule has 0 radical (unpaired) electrons. The van der Waals surface area contributed by atoms with Crippen LogP contribution in [0.5, 0.6) is 5.75 Å². The third kappa shape index (κ3) is 5.53. The van der Waals surface area contributed by atoms with Crippen LogP contribution >= 0.6 is 0 Å². The first-order chi connectivity index (χ1) is 13.7. The fraction of sp³-hybridized carbons (Fsp3) is 0.263. The van der Waals surface area contributed by atoms with Gasteiger partial charge < -0.3 is 15.0 Å². The van der Waals surface area contributed by atoms with Crippen molar-refractivity contribution < 1.29 is 27.6 Å². The third-order valence-electron chi connectivity index (χ3n) is 4.08. The van der Waals surface area contributed by atoms with Crippen LogP contribution in [0.15, 0.2) is 53.4 Å². The largest absolute Gasteiger partial charge is 0.497 e. The molecule has 0 aliphatic carbocycles. The molecule has 2 aromatic rings.